The lowest BCUT2D eigenvalue weighted by molar-refractivity contribution is -0.127. The van der Waals surface area contributed by atoms with Gasteiger partial charge in [0.25, 0.3) is 0 Å². The van der Waals surface area contributed by atoms with Crippen molar-refractivity contribution in [3.63, 3.8) is 0 Å². The van der Waals surface area contributed by atoms with E-state index in [1.807, 2.05) is 44.3 Å². The molecule has 2 aromatic rings. The molecule has 0 saturated carbocycles. The van der Waals surface area contributed by atoms with Crippen molar-refractivity contribution in [3.8, 4) is 23.0 Å². The summed E-state index contributed by atoms with van der Waals surface area (Å²) < 4.78 is 21.8. The van der Waals surface area contributed by atoms with Crippen LogP contribution in [-0.2, 0) is 11.3 Å². The summed E-state index contributed by atoms with van der Waals surface area (Å²) in [5.74, 6) is 3.24. The molecule has 150 valence electrons. The molecule has 3 rings (SSSR count). The van der Waals surface area contributed by atoms with Crippen LogP contribution in [0.2, 0.25) is 0 Å². The maximum atomic E-state index is 12.6. The van der Waals surface area contributed by atoms with Gasteiger partial charge in [-0.3, -0.25) is 4.79 Å². The summed E-state index contributed by atoms with van der Waals surface area (Å²) in [6.45, 7) is 3.62. The van der Waals surface area contributed by atoms with Gasteiger partial charge in [0.2, 0.25) is 5.91 Å². The Balaban J connectivity index is 1.60. The standard InChI is InChI=1S/C21H25NO5S/c1-14-9-18(24-3)19(25-4)10-15(14)12-22(2)21(23)13-28-16-5-6-17-20(11-16)27-8-7-26-17/h5-6,9-11H,7-8,12-13H2,1-4H3. The number of carbonyl (C=O) groups excluding carboxylic acids is 1. The number of rotatable bonds is 7. The molecule has 1 amide bonds. The molecule has 2 aromatic carbocycles. The number of aryl methyl sites for hydroxylation is 1. The van der Waals surface area contributed by atoms with Gasteiger partial charge in [-0.2, -0.15) is 0 Å². The lowest BCUT2D eigenvalue weighted by Crippen LogP contribution is -2.28. The number of carbonyl (C=O) groups is 1. The molecule has 0 fully saturated rings. The van der Waals surface area contributed by atoms with Crippen LogP contribution in [0, 0.1) is 6.92 Å². The van der Waals surface area contributed by atoms with E-state index in [9.17, 15) is 4.79 Å². The Morgan fingerprint density at radius 2 is 1.75 bits per heavy atom. The highest BCUT2D eigenvalue weighted by Gasteiger charge is 2.16. The molecule has 7 heteroatoms. The second-order valence-corrected chi connectivity index (χ2v) is 7.53. The van der Waals surface area contributed by atoms with Crippen molar-refractivity contribution in [2.24, 2.45) is 0 Å². The van der Waals surface area contributed by atoms with Gasteiger partial charge in [-0.25, -0.2) is 0 Å². The highest BCUT2D eigenvalue weighted by molar-refractivity contribution is 8.00. The predicted octanol–water partition coefficient (Wildman–Crippen LogP) is 3.53. The van der Waals surface area contributed by atoms with Crippen LogP contribution in [0.3, 0.4) is 0 Å². The molecule has 0 unspecified atom stereocenters. The number of hydrogen-bond donors (Lipinski definition) is 0. The van der Waals surface area contributed by atoms with Crippen molar-refractivity contribution in [1.82, 2.24) is 4.90 Å². The number of amides is 1. The number of fused-ring (bicyclic) bond motifs is 1. The molecule has 1 aliphatic heterocycles. The lowest BCUT2D eigenvalue weighted by atomic mass is 10.1. The van der Waals surface area contributed by atoms with Crippen LogP contribution in [-0.4, -0.2) is 51.0 Å². The quantitative estimate of drug-likeness (QED) is 0.659. The Labute approximate surface area is 169 Å². The van der Waals surface area contributed by atoms with Crippen molar-refractivity contribution in [2.45, 2.75) is 18.4 Å². The fraction of sp³-hybridized carbons (Fsp3) is 0.381. The van der Waals surface area contributed by atoms with E-state index in [-0.39, 0.29) is 5.91 Å². The molecular formula is C21H25NO5S. The maximum absolute atomic E-state index is 12.6. The summed E-state index contributed by atoms with van der Waals surface area (Å²) in [6, 6.07) is 9.61. The average Bonchev–Trinajstić information content (AvgIpc) is 2.72. The molecule has 28 heavy (non-hydrogen) atoms. The number of ether oxygens (including phenoxy) is 4. The Bertz CT molecular complexity index is 855. The summed E-state index contributed by atoms with van der Waals surface area (Å²) in [7, 11) is 5.03. The van der Waals surface area contributed by atoms with E-state index in [1.54, 1.807) is 19.1 Å². The molecule has 0 aliphatic carbocycles. The minimum absolute atomic E-state index is 0.0501. The summed E-state index contributed by atoms with van der Waals surface area (Å²) in [5, 5.41) is 0. The molecular weight excluding hydrogens is 378 g/mol. The van der Waals surface area contributed by atoms with Crippen LogP contribution in [0.1, 0.15) is 11.1 Å². The van der Waals surface area contributed by atoms with E-state index in [0.717, 1.165) is 27.5 Å². The van der Waals surface area contributed by atoms with Gasteiger partial charge in [-0.05, 0) is 48.4 Å². The van der Waals surface area contributed by atoms with Gasteiger partial charge in [0, 0.05) is 18.5 Å². The minimum atomic E-state index is 0.0501. The largest absolute Gasteiger partial charge is 0.493 e. The molecule has 1 aliphatic rings. The highest BCUT2D eigenvalue weighted by Crippen LogP contribution is 2.34. The number of hydrogen-bond acceptors (Lipinski definition) is 6. The third-order valence-electron chi connectivity index (χ3n) is 4.55. The zero-order valence-electron chi connectivity index (χ0n) is 16.6. The molecule has 0 saturated heterocycles. The van der Waals surface area contributed by atoms with E-state index in [2.05, 4.69) is 0 Å². The summed E-state index contributed by atoms with van der Waals surface area (Å²) in [5.41, 5.74) is 2.08. The first-order valence-electron chi connectivity index (χ1n) is 8.99. The molecule has 0 N–H and O–H groups in total. The van der Waals surface area contributed by atoms with Crippen LogP contribution in [0.25, 0.3) is 0 Å². The molecule has 0 bridgehead atoms. The minimum Gasteiger partial charge on any atom is -0.493 e. The number of benzene rings is 2. The van der Waals surface area contributed by atoms with Crippen molar-refractivity contribution in [2.75, 3.05) is 40.2 Å². The van der Waals surface area contributed by atoms with Crippen molar-refractivity contribution in [1.29, 1.82) is 0 Å². The Morgan fingerprint density at radius 1 is 1.07 bits per heavy atom. The van der Waals surface area contributed by atoms with E-state index in [1.165, 1.54) is 11.8 Å². The van der Waals surface area contributed by atoms with E-state index < -0.39 is 0 Å². The molecule has 0 radical (unpaired) electrons. The molecule has 0 spiro atoms. The first-order valence-corrected chi connectivity index (χ1v) is 9.98. The summed E-state index contributed by atoms with van der Waals surface area (Å²) in [6.07, 6.45) is 0. The smallest absolute Gasteiger partial charge is 0.232 e. The van der Waals surface area contributed by atoms with Gasteiger partial charge in [0.15, 0.2) is 23.0 Å². The second-order valence-electron chi connectivity index (χ2n) is 6.48. The van der Waals surface area contributed by atoms with E-state index >= 15 is 0 Å². The average molecular weight is 404 g/mol. The topological polar surface area (TPSA) is 57.2 Å². The van der Waals surface area contributed by atoms with Crippen molar-refractivity contribution in [3.05, 3.63) is 41.5 Å². The predicted molar refractivity (Wildman–Crippen MR) is 109 cm³/mol. The zero-order valence-corrected chi connectivity index (χ0v) is 17.4. The Hall–Kier alpha value is -2.54. The van der Waals surface area contributed by atoms with E-state index in [0.29, 0.717) is 37.0 Å². The highest BCUT2D eigenvalue weighted by atomic mass is 32.2. The van der Waals surface area contributed by atoms with Gasteiger partial charge < -0.3 is 23.8 Å². The van der Waals surface area contributed by atoms with Crippen LogP contribution >= 0.6 is 11.8 Å². The molecule has 6 nitrogen and oxygen atoms in total. The number of nitrogens with zero attached hydrogens (tertiary/aromatic N) is 1. The Morgan fingerprint density at radius 3 is 2.46 bits per heavy atom. The van der Waals surface area contributed by atoms with Crippen LogP contribution in [0.4, 0.5) is 0 Å². The van der Waals surface area contributed by atoms with Gasteiger partial charge in [-0.1, -0.05) is 0 Å². The monoisotopic (exact) mass is 403 g/mol. The second kappa shape index (κ2) is 9.10. The third kappa shape index (κ3) is 4.65. The summed E-state index contributed by atoms with van der Waals surface area (Å²) >= 11 is 1.49. The van der Waals surface area contributed by atoms with Crippen LogP contribution in [0.5, 0.6) is 23.0 Å². The molecule has 0 aromatic heterocycles. The first-order chi connectivity index (χ1) is 13.5. The Kier molecular flexibility index (Phi) is 6.57. The van der Waals surface area contributed by atoms with E-state index in [4.69, 9.17) is 18.9 Å². The number of methoxy groups -OCH3 is 2. The van der Waals surface area contributed by atoms with Gasteiger partial charge >= 0.3 is 0 Å². The van der Waals surface area contributed by atoms with Gasteiger partial charge in [0.1, 0.15) is 13.2 Å². The normalized spacial score (nSPS) is 12.4. The third-order valence-corrected chi connectivity index (χ3v) is 5.53. The molecule has 0 atom stereocenters. The summed E-state index contributed by atoms with van der Waals surface area (Å²) in [4.78, 5) is 15.3. The fourth-order valence-electron chi connectivity index (χ4n) is 2.91. The lowest BCUT2D eigenvalue weighted by Gasteiger charge is -2.20. The van der Waals surface area contributed by atoms with Gasteiger partial charge in [-0.15, -0.1) is 11.8 Å². The maximum Gasteiger partial charge on any atom is 0.232 e. The fourth-order valence-corrected chi connectivity index (χ4v) is 3.77. The zero-order chi connectivity index (χ0) is 20.1. The SMILES string of the molecule is COc1cc(C)c(CN(C)C(=O)CSc2ccc3c(c2)OCCO3)cc1OC. The van der Waals surface area contributed by atoms with Crippen molar-refractivity contribution < 1.29 is 23.7 Å². The first kappa shape index (κ1) is 20.2. The molecule has 1 heterocycles. The van der Waals surface area contributed by atoms with Gasteiger partial charge in [0.05, 0.1) is 20.0 Å². The number of thioether (sulfide) groups is 1. The van der Waals surface area contributed by atoms with Crippen LogP contribution < -0.4 is 18.9 Å². The van der Waals surface area contributed by atoms with Crippen LogP contribution in [0.15, 0.2) is 35.2 Å². The van der Waals surface area contributed by atoms with Crippen molar-refractivity contribution >= 4 is 17.7 Å².